The van der Waals surface area contributed by atoms with Crippen LogP contribution in [0.5, 0.6) is 0 Å². The van der Waals surface area contributed by atoms with Crippen molar-refractivity contribution in [3.63, 3.8) is 0 Å². The zero-order valence-corrected chi connectivity index (χ0v) is 12.1. The first-order chi connectivity index (χ1) is 11.2. The molecule has 0 aliphatic carbocycles. The fraction of sp³-hybridized carbons (Fsp3) is 0.0588. The minimum absolute atomic E-state index is 0.262. The predicted molar refractivity (Wildman–Crippen MR) is 85.4 cm³/mol. The largest absolute Gasteiger partial charge is 0.366 e. The van der Waals surface area contributed by atoms with Gasteiger partial charge in [0.25, 0.3) is 0 Å². The molecule has 0 atom stereocenters. The number of hydrogen-bond acceptors (Lipinski definition) is 4. The van der Waals surface area contributed by atoms with Crippen LogP contribution in [0.25, 0.3) is 0 Å². The van der Waals surface area contributed by atoms with E-state index in [0.29, 0.717) is 18.2 Å². The third-order valence-corrected chi connectivity index (χ3v) is 3.17. The average Bonchev–Trinajstić information content (AvgIpc) is 2.57. The van der Waals surface area contributed by atoms with Crippen LogP contribution in [-0.2, 0) is 6.54 Å². The number of benzene rings is 2. The molecule has 1 heterocycles. The lowest BCUT2D eigenvalue weighted by Crippen LogP contribution is -2.03. The van der Waals surface area contributed by atoms with Gasteiger partial charge >= 0.3 is 0 Å². The average molecular weight is 312 g/mol. The molecule has 0 unspecified atom stereocenters. The molecular formula is C17H14F2N4. The summed E-state index contributed by atoms with van der Waals surface area (Å²) in [5.41, 5.74) is 1.67. The van der Waals surface area contributed by atoms with Crippen LogP contribution < -0.4 is 10.6 Å². The van der Waals surface area contributed by atoms with Gasteiger partial charge in [-0.1, -0.05) is 12.1 Å². The summed E-state index contributed by atoms with van der Waals surface area (Å²) in [6.07, 6.45) is 1.43. The molecular weight excluding hydrogens is 298 g/mol. The van der Waals surface area contributed by atoms with Gasteiger partial charge in [-0.25, -0.2) is 18.7 Å². The van der Waals surface area contributed by atoms with Crippen LogP contribution in [0.4, 0.5) is 26.1 Å². The van der Waals surface area contributed by atoms with Crippen LogP contribution in [0, 0.1) is 11.6 Å². The van der Waals surface area contributed by atoms with Crippen LogP contribution in [0.15, 0.2) is 60.9 Å². The molecule has 0 saturated carbocycles. The van der Waals surface area contributed by atoms with E-state index in [1.807, 2.05) is 0 Å². The van der Waals surface area contributed by atoms with Crippen molar-refractivity contribution in [3.8, 4) is 0 Å². The molecule has 0 fully saturated rings. The molecule has 4 nitrogen and oxygen atoms in total. The third-order valence-electron chi connectivity index (χ3n) is 3.17. The predicted octanol–water partition coefficient (Wildman–Crippen LogP) is 4.11. The fourth-order valence-electron chi connectivity index (χ4n) is 2.00. The van der Waals surface area contributed by atoms with Crippen molar-refractivity contribution in [1.82, 2.24) is 9.97 Å². The van der Waals surface area contributed by atoms with Crippen molar-refractivity contribution in [3.05, 3.63) is 78.1 Å². The molecule has 0 bridgehead atoms. The number of anilines is 3. The van der Waals surface area contributed by atoms with Crippen molar-refractivity contribution < 1.29 is 8.78 Å². The Morgan fingerprint density at radius 2 is 1.39 bits per heavy atom. The van der Waals surface area contributed by atoms with E-state index < -0.39 is 0 Å². The zero-order valence-electron chi connectivity index (χ0n) is 12.1. The first kappa shape index (κ1) is 14.9. The number of nitrogens with one attached hydrogen (secondary N) is 2. The Balaban J connectivity index is 1.65. The molecule has 0 amide bonds. The van der Waals surface area contributed by atoms with Gasteiger partial charge in [-0.2, -0.15) is 0 Å². The van der Waals surface area contributed by atoms with E-state index in [0.717, 1.165) is 11.3 Å². The molecule has 0 spiro atoms. The van der Waals surface area contributed by atoms with Gasteiger partial charge in [0, 0.05) is 18.3 Å². The normalized spacial score (nSPS) is 10.3. The highest BCUT2D eigenvalue weighted by molar-refractivity contribution is 5.58. The van der Waals surface area contributed by atoms with Crippen LogP contribution in [0.2, 0.25) is 0 Å². The number of nitrogens with zero attached hydrogens (tertiary/aromatic N) is 2. The molecule has 3 aromatic rings. The third kappa shape index (κ3) is 4.23. The smallest absolute Gasteiger partial charge is 0.135 e. The number of hydrogen-bond donors (Lipinski definition) is 2. The molecule has 23 heavy (non-hydrogen) atoms. The summed E-state index contributed by atoms with van der Waals surface area (Å²) in [5, 5.41) is 6.21. The quantitative estimate of drug-likeness (QED) is 0.744. The lowest BCUT2D eigenvalue weighted by atomic mass is 10.2. The van der Waals surface area contributed by atoms with Crippen molar-refractivity contribution >= 4 is 17.3 Å². The Kier molecular flexibility index (Phi) is 4.42. The van der Waals surface area contributed by atoms with Gasteiger partial charge in [0.1, 0.15) is 29.6 Å². The van der Waals surface area contributed by atoms with E-state index in [1.54, 1.807) is 30.3 Å². The second-order valence-corrected chi connectivity index (χ2v) is 4.90. The maximum Gasteiger partial charge on any atom is 0.135 e. The molecule has 2 aromatic carbocycles. The highest BCUT2D eigenvalue weighted by atomic mass is 19.1. The molecule has 0 aliphatic heterocycles. The molecule has 0 saturated heterocycles. The molecule has 1 aromatic heterocycles. The van der Waals surface area contributed by atoms with E-state index in [4.69, 9.17) is 0 Å². The van der Waals surface area contributed by atoms with Gasteiger partial charge in [0.2, 0.25) is 0 Å². The van der Waals surface area contributed by atoms with E-state index >= 15 is 0 Å². The first-order valence-electron chi connectivity index (χ1n) is 7.02. The van der Waals surface area contributed by atoms with Gasteiger partial charge in [0.15, 0.2) is 0 Å². The first-order valence-corrected chi connectivity index (χ1v) is 7.02. The fourth-order valence-corrected chi connectivity index (χ4v) is 2.00. The Hall–Kier alpha value is -3.02. The van der Waals surface area contributed by atoms with Gasteiger partial charge in [0.05, 0.1) is 0 Å². The summed E-state index contributed by atoms with van der Waals surface area (Å²) in [5.74, 6) is 0.670. The highest BCUT2D eigenvalue weighted by Crippen LogP contribution is 2.17. The topological polar surface area (TPSA) is 49.8 Å². The molecule has 0 aliphatic rings. The van der Waals surface area contributed by atoms with Gasteiger partial charge in [-0.3, -0.25) is 0 Å². The second kappa shape index (κ2) is 6.83. The Labute approximate surface area is 132 Å². The molecule has 3 rings (SSSR count). The SMILES string of the molecule is Fc1ccc(CNc2cc(Nc3ccc(F)cc3)ncn2)cc1. The van der Waals surface area contributed by atoms with Gasteiger partial charge in [-0.05, 0) is 42.0 Å². The van der Waals surface area contributed by atoms with E-state index in [9.17, 15) is 8.78 Å². The minimum Gasteiger partial charge on any atom is -0.366 e. The summed E-state index contributed by atoms with van der Waals surface area (Å²) < 4.78 is 25.8. The minimum atomic E-state index is -0.292. The van der Waals surface area contributed by atoms with Crippen molar-refractivity contribution in [2.45, 2.75) is 6.54 Å². The van der Waals surface area contributed by atoms with Crippen LogP contribution >= 0.6 is 0 Å². The number of halogens is 2. The Bertz CT molecular complexity index is 773. The van der Waals surface area contributed by atoms with Crippen LogP contribution in [0.3, 0.4) is 0 Å². The molecule has 2 N–H and O–H groups in total. The standard InChI is InChI=1S/C17H14F2N4/c18-13-3-1-12(2-4-13)10-20-16-9-17(22-11-21-16)23-15-7-5-14(19)6-8-15/h1-9,11H,10H2,(H2,20,21,22,23). The number of aromatic nitrogens is 2. The van der Waals surface area contributed by atoms with E-state index in [1.165, 1.54) is 30.6 Å². The lowest BCUT2D eigenvalue weighted by molar-refractivity contribution is 0.627. The maximum atomic E-state index is 12.9. The van der Waals surface area contributed by atoms with Crippen LogP contribution in [-0.4, -0.2) is 9.97 Å². The molecule has 6 heteroatoms. The van der Waals surface area contributed by atoms with Crippen LogP contribution in [0.1, 0.15) is 5.56 Å². The van der Waals surface area contributed by atoms with Crippen molar-refractivity contribution in [2.24, 2.45) is 0 Å². The Morgan fingerprint density at radius 1 is 0.783 bits per heavy atom. The van der Waals surface area contributed by atoms with E-state index in [-0.39, 0.29) is 11.6 Å². The summed E-state index contributed by atoms with van der Waals surface area (Å²) in [7, 11) is 0. The summed E-state index contributed by atoms with van der Waals surface area (Å²) in [6.45, 7) is 0.521. The maximum absolute atomic E-state index is 12.9. The van der Waals surface area contributed by atoms with Gasteiger partial charge < -0.3 is 10.6 Å². The molecule has 0 radical (unpaired) electrons. The van der Waals surface area contributed by atoms with Crippen molar-refractivity contribution in [1.29, 1.82) is 0 Å². The van der Waals surface area contributed by atoms with Gasteiger partial charge in [-0.15, -0.1) is 0 Å². The zero-order chi connectivity index (χ0) is 16.1. The monoisotopic (exact) mass is 312 g/mol. The summed E-state index contributed by atoms with van der Waals surface area (Å²) in [4.78, 5) is 8.25. The lowest BCUT2D eigenvalue weighted by Gasteiger charge is -2.09. The summed E-state index contributed by atoms with van der Waals surface area (Å²) in [6, 6.07) is 14.0. The molecule has 116 valence electrons. The summed E-state index contributed by atoms with van der Waals surface area (Å²) >= 11 is 0. The number of rotatable bonds is 5. The highest BCUT2D eigenvalue weighted by Gasteiger charge is 2.01. The van der Waals surface area contributed by atoms with E-state index in [2.05, 4.69) is 20.6 Å². The van der Waals surface area contributed by atoms with Crippen molar-refractivity contribution in [2.75, 3.05) is 10.6 Å². The Morgan fingerprint density at radius 3 is 2.09 bits per heavy atom. The second-order valence-electron chi connectivity index (χ2n) is 4.90.